The lowest BCUT2D eigenvalue weighted by Gasteiger charge is -2.08. The average molecular weight is 354 g/mol. The molecular weight excluding hydrogens is 328 g/mol. The number of pyridine rings is 1. The van der Waals surface area contributed by atoms with Gasteiger partial charge in [0, 0.05) is 25.6 Å². The van der Waals surface area contributed by atoms with Gasteiger partial charge in [-0.25, -0.2) is 4.98 Å². The molecule has 2 unspecified atom stereocenters. The fourth-order valence-electron chi connectivity index (χ4n) is 3.78. The zero-order chi connectivity index (χ0) is 18.7. The van der Waals surface area contributed by atoms with Crippen molar-refractivity contribution in [3.63, 3.8) is 0 Å². The Kier molecular flexibility index (Phi) is 5.16. The first kappa shape index (κ1) is 18.2. The Hall–Kier alpha value is -2.56. The van der Waals surface area contributed by atoms with Gasteiger partial charge in [-0.15, -0.1) is 0 Å². The van der Waals surface area contributed by atoms with E-state index in [4.69, 9.17) is 9.84 Å². The van der Waals surface area contributed by atoms with Crippen LogP contribution in [0.4, 0.5) is 5.82 Å². The van der Waals surface area contributed by atoms with Crippen LogP contribution >= 0.6 is 0 Å². The van der Waals surface area contributed by atoms with Gasteiger partial charge < -0.3 is 15.2 Å². The first-order valence-corrected chi connectivity index (χ1v) is 9.00. The van der Waals surface area contributed by atoms with Crippen molar-refractivity contribution in [1.82, 2.24) is 4.98 Å². The van der Waals surface area contributed by atoms with Crippen molar-refractivity contribution in [3.05, 3.63) is 53.7 Å². The predicted molar refractivity (Wildman–Crippen MR) is 102 cm³/mol. The van der Waals surface area contributed by atoms with Crippen LogP contribution in [0.3, 0.4) is 0 Å². The topological polar surface area (TPSA) is 71.5 Å². The lowest BCUT2D eigenvalue weighted by molar-refractivity contribution is -0.137. The van der Waals surface area contributed by atoms with Crippen molar-refractivity contribution in [2.24, 2.45) is 11.3 Å². The summed E-state index contributed by atoms with van der Waals surface area (Å²) in [7, 11) is 1.85. The number of aromatic nitrogens is 1. The molecule has 2 atom stereocenters. The number of hydrogen-bond donors (Lipinski definition) is 2. The zero-order valence-electron chi connectivity index (χ0n) is 15.5. The SMILES string of the molecule is CNc1cccc(CCOc2ccc(C3C(CC(=O)O)C3(C)C)cc2)n1. The summed E-state index contributed by atoms with van der Waals surface area (Å²) in [4.78, 5) is 15.5. The summed E-state index contributed by atoms with van der Waals surface area (Å²) in [5.41, 5.74) is 2.23. The summed E-state index contributed by atoms with van der Waals surface area (Å²) in [5.74, 6) is 1.47. The van der Waals surface area contributed by atoms with E-state index < -0.39 is 5.97 Å². The van der Waals surface area contributed by atoms with Crippen molar-refractivity contribution in [3.8, 4) is 5.75 Å². The molecule has 0 amide bonds. The molecule has 3 rings (SSSR count). The van der Waals surface area contributed by atoms with Crippen LogP contribution in [0.5, 0.6) is 5.75 Å². The van der Waals surface area contributed by atoms with Gasteiger partial charge in [0.2, 0.25) is 0 Å². The number of hydrogen-bond acceptors (Lipinski definition) is 4. The standard InChI is InChI=1S/C21H26N2O3/c1-21(2)17(13-19(24)25)20(21)14-7-9-16(10-8-14)26-12-11-15-5-4-6-18(22-3)23-15/h4-10,17,20H,11-13H2,1-3H3,(H,22,23)(H,24,25). The quantitative estimate of drug-likeness (QED) is 0.751. The molecule has 1 heterocycles. The van der Waals surface area contributed by atoms with E-state index in [9.17, 15) is 4.79 Å². The minimum atomic E-state index is -0.721. The largest absolute Gasteiger partial charge is 0.493 e. The van der Waals surface area contributed by atoms with E-state index in [-0.39, 0.29) is 17.8 Å². The minimum absolute atomic E-state index is 0.0464. The highest BCUT2D eigenvalue weighted by Crippen LogP contribution is 2.65. The second kappa shape index (κ2) is 7.36. The summed E-state index contributed by atoms with van der Waals surface area (Å²) in [6, 6.07) is 14.0. The second-order valence-electron chi connectivity index (χ2n) is 7.44. The van der Waals surface area contributed by atoms with Crippen LogP contribution in [-0.2, 0) is 11.2 Å². The van der Waals surface area contributed by atoms with Gasteiger partial charge in [0.1, 0.15) is 11.6 Å². The van der Waals surface area contributed by atoms with Gasteiger partial charge in [-0.05, 0) is 47.1 Å². The summed E-state index contributed by atoms with van der Waals surface area (Å²) in [6.45, 7) is 4.85. The number of nitrogens with zero attached hydrogens (tertiary/aromatic N) is 1. The third-order valence-electron chi connectivity index (χ3n) is 5.37. The van der Waals surface area contributed by atoms with Gasteiger partial charge in [0.05, 0.1) is 6.61 Å². The second-order valence-corrected chi connectivity index (χ2v) is 7.44. The van der Waals surface area contributed by atoms with Crippen LogP contribution < -0.4 is 10.1 Å². The molecule has 1 aromatic heterocycles. The average Bonchev–Trinajstić information content (AvgIpc) is 3.15. The van der Waals surface area contributed by atoms with Crippen LogP contribution in [0, 0.1) is 11.3 Å². The maximum absolute atomic E-state index is 11.0. The molecule has 0 spiro atoms. The lowest BCUT2D eigenvalue weighted by Crippen LogP contribution is -2.04. The van der Waals surface area contributed by atoms with Gasteiger partial charge >= 0.3 is 5.97 Å². The lowest BCUT2D eigenvalue weighted by atomic mass is 10.0. The molecule has 2 N–H and O–H groups in total. The number of benzene rings is 1. The third-order valence-corrected chi connectivity index (χ3v) is 5.37. The first-order valence-electron chi connectivity index (χ1n) is 9.00. The molecule has 2 aromatic rings. The summed E-state index contributed by atoms with van der Waals surface area (Å²) in [6.07, 6.45) is 0.974. The van der Waals surface area contributed by atoms with E-state index in [2.05, 4.69) is 36.3 Å². The molecule has 1 saturated carbocycles. The Labute approximate surface area is 154 Å². The van der Waals surface area contributed by atoms with Crippen LogP contribution in [0.15, 0.2) is 42.5 Å². The Morgan fingerprint density at radius 2 is 1.96 bits per heavy atom. The molecule has 1 fully saturated rings. The molecule has 138 valence electrons. The van der Waals surface area contributed by atoms with Crippen molar-refractivity contribution in [1.29, 1.82) is 0 Å². The molecule has 5 heteroatoms. The Morgan fingerprint density at radius 1 is 1.23 bits per heavy atom. The molecule has 26 heavy (non-hydrogen) atoms. The van der Waals surface area contributed by atoms with E-state index in [1.165, 1.54) is 5.56 Å². The maximum atomic E-state index is 11.0. The van der Waals surface area contributed by atoms with Crippen molar-refractivity contribution in [2.45, 2.75) is 32.6 Å². The van der Waals surface area contributed by atoms with Crippen LogP contribution in [-0.4, -0.2) is 29.7 Å². The highest BCUT2D eigenvalue weighted by Gasteiger charge is 2.58. The number of anilines is 1. The fourth-order valence-corrected chi connectivity index (χ4v) is 3.78. The van der Waals surface area contributed by atoms with Crippen molar-refractivity contribution >= 4 is 11.8 Å². The third kappa shape index (κ3) is 3.98. The van der Waals surface area contributed by atoms with E-state index >= 15 is 0 Å². The van der Waals surface area contributed by atoms with Gasteiger partial charge in [-0.3, -0.25) is 4.79 Å². The number of rotatable bonds is 8. The Bertz CT molecular complexity index is 771. The highest BCUT2D eigenvalue weighted by molar-refractivity contribution is 5.68. The van der Waals surface area contributed by atoms with Gasteiger partial charge in [-0.2, -0.15) is 0 Å². The zero-order valence-corrected chi connectivity index (χ0v) is 15.5. The molecule has 5 nitrogen and oxygen atoms in total. The fraction of sp³-hybridized carbons (Fsp3) is 0.429. The molecule has 0 saturated heterocycles. The van der Waals surface area contributed by atoms with Crippen molar-refractivity contribution in [2.75, 3.05) is 19.0 Å². The monoisotopic (exact) mass is 354 g/mol. The van der Waals surface area contributed by atoms with E-state index in [0.717, 1.165) is 23.7 Å². The molecule has 0 bridgehead atoms. The minimum Gasteiger partial charge on any atom is -0.493 e. The molecule has 0 aliphatic heterocycles. The Morgan fingerprint density at radius 3 is 2.62 bits per heavy atom. The first-order chi connectivity index (χ1) is 12.4. The van der Waals surface area contributed by atoms with Crippen LogP contribution in [0.1, 0.15) is 37.4 Å². The van der Waals surface area contributed by atoms with E-state index in [1.54, 1.807) is 0 Å². The van der Waals surface area contributed by atoms with Crippen LogP contribution in [0.2, 0.25) is 0 Å². The number of carboxylic acids is 1. The number of aliphatic carboxylic acids is 1. The Balaban J connectivity index is 1.54. The van der Waals surface area contributed by atoms with Gasteiger partial charge in [0.15, 0.2) is 0 Å². The molecular formula is C21H26N2O3. The van der Waals surface area contributed by atoms with Crippen LogP contribution in [0.25, 0.3) is 0 Å². The van der Waals surface area contributed by atoms with Gasteiger partial charge in [0.25, 0.3) is 0 Å². The highest BCUT2D eigenvalue weighted by atomic mass is 16.5. The molecule has 1 aromatic carbocycles. The number of carboxylic acid groups (broad SMARTS) is 1. The normalized spacial score (nSPS) is 20.4. The predicted octanol–water partition coefficient (Wildman–Crippen LogP) is 3.96. The smallest absolute Gasteiger partial charge is 0.303 e. The summed E-state index contributed by atoms with van der Waals surface area (Å²) < 4.78 is 5.83. The van der Waals surface area contributed by atoms with E-state index in [1.807, 2.05) is 37.4 Å². The summed E-state index contributed by atoms with van der Waals surface area (Å²) in [5, 5.41) is 12.1. The molecule has 0 radical (unpaired) electrons. The maximum Gasteiger partial charge on any atom is 0.303 e. The molecule has 1 aliphatic rings. The van der Waals surface area contributed by atoms with Gasteiger partial charge in [-0.1, -0.05) is 32.0 Å². The molecule has 1 aliphatic carbocycles. The summed E-state index contributed by atoms with van der Waals surface area (Å²) >= 11 is 0. The number of carbonyl (C=O) groups is 1. The number of ether oxygens (including phenoxy) is 1. The van der Waals surface area contributed by atoms with E-state index in [0.29, 0.717) is 12.5 Å². The van der Waals surface area contributed by atoms with Crippen molar-refractivity contribution < 1.29 is 14.6 Å². The number of nitrogens with one attached hydrogen (secondary N) is 1.